The van der Waals surface area contributed by atoms with Crippen LogP contribution in [0.4, 0.5) is 0 Å². The third-order valence-electron chi connectivity index (χ3n) is 5.76. The van der Waals surface area contributed by atoms with Gasteiger partial charge in [0.25, 0.3) is 0 Å². The van der Waals surface area contributed by atoms with E-state index in [1.807, 2.05) is 6.92 Å². The van der Waals surface area contributed by atoms with Gasteiger partial charge in [-0.15, -0.1) is 0 Å². The first-order valence-corrected chi connectivity index (χ1v) is 12.3. The van der Waals surface area contributed by atoms with Crippen molar-refractivity contribution in [1.82, 2.24) is 0 Å². The van der Waals surface area contributed by atoms with Crippen LogP contribution in [0, 0.1) is 5.92 Å². The molecule has 1 unspecified atom stereocenters. The van der Waals surface area contributed by atoms with Crippen LogP contribution >= 0.6 is 0 Å². The predicted molar refractivity (Wildman–Crippen MR) is 122 cm³/mol. The highest BCUT2D eigenvalue weighted by atomic mass is 16.1. The highest BCUT2D eigenvalue weighted by Gasteiger charge is 1.99. The van der Waals surface area contributed by atoms with Gasteiger partial charge in [0.05, 0.1) is 0 Å². The molecule has 0 aliphatic carbocycles. The highest BCUT2D eigenvalue weighted by molar-refractivity contribution is 5.52. The molecule has 0 aromatic rings. The Morgan fingerprint density at radius 2 is 1.19 bits per heavy atom. The predicted octanol–water partition coefficient (Wildman–Crippen LogP) is 9.20. The van der Waals surface area contributed by atoms with E-state index in [2.05, 4.69) is 19.9 Å². The smallest absolute Gasteiger partial charge is 0.122 e. The van der Waals surface area contributed by atoms with Crippen molar-refractivity contribution < 1.29 is 4.79 Å². The molecule has 0 amide bonds. The molecule has 1 nitrogen and oxygen atoms in total. The summed E-state index contributed by atoms with van der Waals surface area (Å²) in [5, 5.41) is 0. The van der Waals surface area contributed by atoms with E-state index in [-0.39, 0.29) is 5.92 Å². The Morgan fingerprint density at radius 1 is 0.704 bits per heavy atom. The number of hydrogen-bond acceptors (Lipinski definition) is 1. The number of unbranched alkanes of at least 4 members (excludes halogenated alkanes) is 15. The van der Waals surface area contributed by atoms with Gasteiger partial charge < -0.3 is 4.79 Å². The fourth-order valence-corrected chi connectivity index (χ4v) is 3.73. The van der Waals surface area contributed by atoms with E-state index < -0.39 is 0 Å². The second-order valence-electron chi connectivity index (χ2n) is 8.79. The summed E-state index contributed by atoms with van der Waals surface area (Å²) in [7, 11) is 0. The number of aldehydes is 1. The van der Waals surface area contributed by atoms with E-state index >= 15 is 0 Å². The maximum Gasteiger partial charge on any atom is 0.122 e. The number of allylic oxidation sites excluding steroid dienone is 2. The highest BCUT2D eigenvalue weighted by Crippen LogP contribution is 2.15. The van der Waals surface area contributed by atoms with Gasteiger partial charge in [0.1, 0.15) is 6.29 Å². The number of carbonyl (C=O) groups is 1. The van der Waals surface area contributed by atoms with Crippen molar-refractivity contribution in [2.75, 3.05) is 0 Å². The Hall–Kier alpha value is -0.590. The van der Waals surface area contributed by atoms with Crippen LogP contribution in [-0.2, 0) is 4.79 Å². The molecule has 0 bridgehead atoms. The zero-order chi connectivity index (χ0) is 20.0. The Morgan fingerprint density at radius 3 is 1.74 bits per heavy atom. The Kier molecular flexibility index (Phi) is 21.2. The topological polar surface area (TPSA) is 17.1 Å². The van der Waals surface area contributed by atoms with Crippen molar-refractivity contribution in [2.24, 2.45) is 5.92 Å². The second-order valence-corrected chi connectivity index (χ2v) is 8.79. The second kappa shape index (κ2) is 21.7. The quantitative estimate of drug-likeness (QED) is 0.110. The van der Waals surface area contributed by atoms with Crippen molar-refractivity contribution in [3.8, 4) is 0 Å². The minimum absolute atomic E-state index is 0.262. The molecule has 0 fully saturated rings. The normalized spacial score (nSPS) is 13.1. The molecule has 1 heteroatoms. The third kappa shape index (κ3) is 21.6. The molecular weight excluding hydrogens is 328 g/mol. The number of hydrogen-bond donors (Lipinski definition) is 0. The summed E-state index contributed by atoms with van der Waals surface area (Å²) in [5.41, 5.74) is 1.62. The molecule has 27 heavy (non-hydrogen) atoms. The molecule has 0 saturated carbocycles. The van der Waals surface area contributed by atoms with Gasteiger partial charge in [-0.25, -0.2) is 0 Å². The lowest BCUT2D eigenvalue weighted by Gasteiger charge is -2.04. The van der Waals surface area contributed by atoms with Gasteiger partial charge in [0, 0.05) is 5.92 Å². The van der Waals surface area contributed by atoms with E-state index in [1.54, 1.807) is 5.57 Å². The monoisotopic (exact) mass is 378 g/mol. The summed E-state index contributed by atoms with van der Waals surface area (Å²) in [6.07, 6.45) is 29.4. The Labute approximate surface area is 171 Å². The lowest BCUT2D eigenvalue weighted by Crippen LogP contribution is -1.94. The van der Waals surface area contributed by atoms with Crippen LogP contribution in [0.25, 0.3) is 0 Å². The van der Waals surface area contributed by atoms with Gasteiger partial charge in [-0.3, -0.25) is 0 Å². The molecular formula is C26H50O. The SMILES string of the molecule is CCCCCCCCCC(C)=CCCCCCCCCCCCC(C)C=O. The molecule has 0 aliphatic rings. The van der Waals surface area contributed by atoms with Crippen molar-refractivity contribution in [2.45, 2.75) is 143 Å². The molecule has 0 radical (unpaired) electrons. The first-order chi connectivity index (χ1) is 13.2. The van der Waals surface area contributed by atoms with Gasteiger partial charge in [0.2, 0.25) is 0 Å². The maximum atomic E-state index is 10.6. The fraction of sp³-hybridized carbons (Fsp3) is 0.885. The van der Waals surface area contributed by atoms with Crippen LogP contribution in [0.2, 0.25) is 0 Å². The van der Waals surface area contributed by atoms with Crippen molar-refractivity contribution in [1.29, 1.82) is 0 Å². The first-order valence-electron chi connectivity index (χ1n) is 12.3. The van der Waals surface area contributed by atoms with Crippen LogP contribution < -0.4 is 0 Å². The van der Waals surface area contributed by atoms with E-state index in [0.717, 1.165) is 12.7 Å². The first kappa shape index (κ1) is 26.4. The van der Waals surface area contributed by atoms with Gasteiger partial charge in [-0.1, -0.05) is 115 Å². The summed E-state index contributed by atoms with van der Waals surface area (Å²) in [4.78, 5) is 10.6. The van der Waals surface area contributed by atoms with E-state index in [9.17, 15) is 4.79 Å². The Balaban J connectivity index is 3.25. The number of rotatable bonds is 21. The molecule has 0 aromatic carbocycles. The minimum Gasteiger partial charge on any atom is -0.303 e. The van der Waals surface area contributed by atoms with Crippen molar-refractivity contribution in [3.63, 3.8) is 0 Å². The van der Waals surface area contributed by atoms with Gasteiger partial charge in [0.15, 0.2) is 0 Å². The number of carbonyl (C=O) groups excluding carboxylic acids is 1. The molecule has 0 aromatic heterocycles. The minimum atomic E-state index is 0.262. The summed E-state index contributed by atoms with van der Waals surface area (Å²) >= 11 is 0. The molecule has 0 spiro atoms. The van der Waals surface area contributed by atoms with E-state index in [0.29, 0.717) is 0 Å². The lowest BCUT2D eigenvalue weighted by atomic mass is 10.0. The largest absolute Gasteiger partial charge is 0.303 e. The summed E-state index contributed by atoms with van der Waals surface area (Å²) in [6, 6.07) is 0. The summed E-state index contributed by atoms with van der Waals surface area (Å²) in [6.45, 7) is 6.64. The summed E-state index contributed by atoms with van der Waals surface area (Å²) < 4.78 is 0. The zero-order valence-electron chi connectivity index (χ0n) is 19.1. The van der Waals surface area contributed by atoms with Gasteiger partial charge in [-0.05, 0) is 39.0 Å². The molecule has 0 aliphatic heterocycles. The van der Waals surface area contributed by atoms with Crippen molar-refractivity contribution in [3.05, 3.63) is 11.6 Å². The molecule has 160 valence electrons. The molecule has 0 heterocycles. The van der Waals surface area contributed by atoms with Crippen LogP contribution in [0.3, 0.4) is 0 Å². The van der Waals surface area contributed by atoms with E-state index in [4.69, 9.17) is 0 Å². The molecule has 0 rings (SSSR count). The average molecular weight is 379 g/mol. The fourth-order valence-electron chi connectivity index (χ4n) is 3.73. The van der Waals surface area contributed by atoms with Crippen LogP contribution in [0.5, 0.6) is 0 Å². The van der Waals surface area contributed by atoms with Crippen LogP contribution in [0.15, 0.2) is 11.6 Å². The standard InChI is InChI=1S/C26H50O/c1-4-5-6-7-12-15-18-21-25(2)22-19-16-13-10-8-9-11-14-17-20-23-26(3)24-27/h22,24,26H,4-21,23H2,1-3H3. The van der Waals surface area contributed by atoms with Gasteiger partial charge in [-0.2, -0.15) is 0 Å². The van der Waals surface area contributed by atoms with Gasteiger partial charge >= 0.3 is 0 Å². The van der Waals surface area contributed by atoms with Crippen molar-refractivity contribution >= 4 is 6.29 Å². The van der Waals surface area contributed by atoms with E-state index in [1.165, 1.54) is 116 Å². The molecule has 0 saturated heterocycles. The van der Waals surface area contributed by atoms with Crippen LogP contribution in [-0.4, -0.2) is 6.29 Å². The Bertz CT molecular complexity index is 331. The molecule has 1 atom stereocenters. The zero-order valence-corrected chi connectivity index (χ0v) is 19.1. The average Bonchev–Trinajstić information content (AvgIpc) is 2.67. The van der Waals surface area contributed by atoms with Crippen LogP contribution in [0.1, 0.15) is 143 Å². The maximum absolute atomic E-state index is 10.6. The molecule has 0 N–H and O–H groups in total. The third-order valence-corrected chi connectivity index (χ3v) is 5.76. The summed E-state index contributed by atoms with van der Waals surface area (Å²) in [5.74, 6) is 0.262. The lowest BCUT2D eigenvalue weighted by molar-refractivity contribution is -0.110.